The summed E-state index contributed by atoms with van der Waals surface area (Å²) in [5.41, 5.74) is 0.992. The largest absolute Gasteiger partial charge is 0.478 e. The highest BCUT2D eigenvalue weighted by atomic mass is 16.6. The van der Waals surface area contributed by atoms with E-state index in [0.717, 1.165) is 18.4 Å². The highest BCUT2D eigenvalue weighted by Crippen LogP contribution is 2.22. The molecule has 0 aromatic heterocycles. The summed E-state index contributed by atoms with van der Waals surface area (Å²) in [7, 11) is 0. The molecule has 0 spiro atoms. The van der Waals surface area contributed by atoms with E-state index in [0.29, 0.717) is 32.2 Å². The van der Waals surface area contributed by atoms with Gasteiger partial charge >= 0.3 is 6.09 Å². The Labute approximate surface area is 118 Å². The topological polar surface area (TPSA) is 51.1 Å². The lowest BCUT2D eigenvalue weighted by Gasteiger charge is -2.23. The lowest BCUT2D eigenvalue weighted by molar-refractivity contribution is 0.0967. The zero-order chi connectivity index (χ0) is 13.8. The average molecular weight is 274 g/mol. The summed E-state index contributed by atoms with van der Waals surface area (Å²) < 4.78 is 10.9. The van der Waals surface area contributed by atoms with Crippen molar-refractivity contribution in [2.24, 2.45) is 4.99 Å². The van der Waals surface area contributed by atoms with Crippen molar-refractivity contribution >= 4 is 12.0 Å². The minimum Gasteiger partial charge on any atom is -0.478 e. The fraction of sp³-hybridized carbons (Fsp3) is 0.467. The molecule has 2 aliphatic heterocycles. The number of aliphatic imine (C=N–C) groups is 1. The second kappa shape index (κ2) is 5.94. The Bertz CT molecular complexity index is 501. The SMILES string of the molecule is O=C(OCc1ccccc1)N1CCC[C@H]1C1=NCCO1. The molecule has 106 valence electrons. The molecule has 5 nitrogen and oxygen atoms in total. The third-order valence-electron chi connectivity index (χ3n) is 3.59. The van der Waals surface area contributed by atoms with Gasteiger partial charge in [0.1, 0.15) is 19.3 Å². The summed E-state index contributed by atoms with van der Waals surface area (Å²) in [6, 6.07) is 9.65. The number of ether oxygens (including phenoxy) is 2. The van der Waals surface area contributed by atoms with Crippen LogP contribution in [0.15, 0.2) is 35.3 Å². The van der Waals surface area contributed by atoms with E-state index in [-0.39, 0.29) is 12.1 Å². The lowest BCUT2D eigenvalue weighted by atomic mass is 10.2. The van der Waals surface area contributed by atoms with Crippen LogP contribution in [0, 0.1) is 0 Å². The zero-order valence-corrected chi connectivity index (χ0v) is 11.3. The van der Waals surface area contributed by atoms with Crippen LogP contribution >= 0.6 is 0 Å². The van der Waals surface area contributed by atoms with Gasteiger partial charge in [-0.25, -0.2) is 4.79 Å². The first kappa shape index (κ1) is 13.0. The summed E-state index contributed by atoms with van der Waals surface area (Å²) in [6.07, 6.45) is 1.58. The predicted octanol–water partition coefficient (Wildman–Crippen LogP) is 2.22. The van der Waals surface area contributed by atoms with Crippen LogP contribution in [0.2, 0.25) is 0 Å². The van der Waals surface area contributed by atoms with Crippen LogP contribution in [-0.4, -0.2) is 42.6 Å². The third kappa shape index (κ3) is 2.76. The molecule has 1 fully saturated rings. The van der Waals surface area contributed by atoms with Gasteiger partial charge in [-0.05, 0) is 18.4 Å². The van der Waals surface area contributed by atoms with Gasteiger partial charge in [-0.15, -0.1) is 0 Å². The Kier molecular flexibility index (Phi) is 3.85. The fourth-order valence-corrected chi connectivity index (χ4v) is 2.60. The van der Waals surface area contributed by atoms with Crippen molar-refractivity contribution < 1.29 is 14.3 Å². The third-order valence-corrected chi connectivity index (χ3v) is 3.59. The molecule has 0 N–H and O–H groups in total. The Morgan fingerprint density at radius 2 is 2.25 bits per heavy atom. The summed E-state index contributed by atoms with van der Waals surface area (Å²) in [5.74, 6) is 0.694. The van der Waals surface area contributed by atoms with E-state index in [2.05, 4.69) is 4.99 Å². The lowest BCUT2D eigenvalue weighted by Crippen LogP contribution is -2.40. The summed E-state index contributed by atoms with van der Waals surface area (Å²) in [4.78, 5) is 18.2. The number of amides is 1. The number of carbonyl (C=O) groups is 1. The van der Waals surface area contributed by atoms with Crippen LogP contribution in [0.1, 0.15) is 18.4 Å². The standard InChI is InChI=1S/C15H18N2O3/c18-15(20-11-12-5-2-1-3-6-12)17-9-4-7-13(17)14-16-8-10-19-14/h1-3,5-6,13H,4,7-11H2/t13-/m0/s1. The monoisotopic (exact) mass is 274 g/mol. The van der Waals surface area contributed by atoms with E-state index in [9.17, 15) is 4.79 Å². The maximum Gasteiger partial charge on any atom is 0.410 e. The van der Waals surface area contributed by atoms with Crippen molar-refractivity contribution in [3.05, 3.63) is 35.9 Å². The second-order valence-corrected chi connectivity index (χ2v) is 4.96. The Hall–Kier alpha value is -2.04. The molecular weight excluding hydrogens is 256 g/mol. The quantitative estimate of drug-likeness (QED) is 0.849. The molecule has 2 heterocycles. The molecule has 0 bridgehead atoms. The Balaban J connectivity index is 1.58. The van der Waals surface area contributed by atoms with Gasteiger partial charge in [-0.3, -0.25) is 9.89 Å². The fourth-order valence-electron chi connectivity index (χ4n) is 2.60. The normalized spacial score (nSPS) is 21.5. The van der Waals surface area contributed by atoms with Crippen molar-refractivity contribution in [2.45, 2.75) is 25.5 Å². The highest BCUT2D eigenvalue weighted by Gasteiger charge is 2.35. The van der Waals surface area contributed by atoms with E-state index in [1.807, 2.05) is 30.3 Å². The first-order chi connectivity index (χ1) is 9.84. The van der Waals surface area contributed by atoms with Crippen LogP contribution in [0.3, 0.4) is 0 Å². The molecule has 0 saturated carbocycles. The maximum atomic E-state index is 12.2. The molecule has 1 aromatic rings. The summed E-state index contributed by atoms with van der Waals surface area (Å²) in [5, 5.41) is 0. The van der Waals surface area contributed by atoms with Crippen LogP contribution < -0.4 is 0 Å². The predicted molar refractivity (Wildman–Crippen MR) is 74.6 cm³/mol. The number of hydrogen-bond acceptors (Lipinski definition) is 4. The highest BCUT2D eigenvalue weighted by molar-refractivity contribution is 5.87. The minimum absolute atomic E-state index is 0.0410. The van der Waals surface area contributed by atoms with E-state index in [1.54, 1.807) is 4.90 Å². The van der Waals surface area contributed by atoms with Gasteiger partial charge < -0.3 is 9.47 Å². The van der Waals surface area contributed by atoms with Gasteiger partial charge in [0.2, 0.25) is 5.90 Å². The maximum absolute atomic E-state index is 12.2. The van der Waals surface area contributed by atoms with Gasteiger partial charge in [0.15, 0.2) is 0 Å². The van der Waals surface area contributed by atoms with Crippen LogP contribution in [0.5, 0.6) is 0 Å². The molecule has 0 unspecified atom stereocenters. The van der Waals surface area contributed by atoms with Crippen LogP contribution in [0.25, 0.3) is 0 Å². The average Bonchev–Trinajstić information content (AvgIpc) is 3.15. The van der Waals surface area contributed by atoms with Gasteiger partial charge in [-0.2, -0.15) is 0 Å². The van der Waals surface area contributed by atoms with Gasteiger partial charge in [-0.1, -0.05) is 30.3 Å². The molecule has 1 amide bonds. The first-order valence-corrected chi connectivity index (χ1v) is 6.99. The molecular formula is C15H18N2O3. The molecule has 3 rings (SSSR count). The molecule has 20 heavy (non-hydrogen) atoms. The van der Waals surface area contributed by atoms with Crippen molar-refractivity contribution in [1.82, 2.24) is 4.90 Å². The zero-order valence-electron chi connectivity index (χ0n) is 11.3. The number of benzene rings is 1. The van der Waals surface area contributed by atoms with Gasteiger partial charge in [0, 0.05) is 6.54 Å². The van der Waals surface area contributed by atoms with Crippen molar-refractivity contribution in [2.75, 3.05) is 19.7 Å². The number of hydrogen-bond donors (Lipinski definition) is 0. The molecule has 5 heteroatoms. The van der Waals surface area contributed by atoms with Crippen molar-refractivity contribution in [1.29, 1.82) is 0 Å². The minimum atomic E-state index is -0.283. The number of likely N-dealkylation sites (tertiary alicyclic amines) is 1. The van der Waals surface area contributed by atoms with E-state index >= 15 is 0 Å². The first-order valence-electron chi connectivity index (χ1n) is 6.99. The van der Waals surface area contributed by atoms with E-state index in [1.165, 1.54) is 0 Å². The van der Waals surface area contributed by atoms with Gasteiger partial charge in [0.05, 0.1) is 6.54 Å². The van der Waals surface area contributed by atoms with Crippen molar-refractivity contribution in [3.8, 4) is 0 Å². The number of rotatable bonds is 3. The van der Waals surface area contributed by atoms with Crippen molar-refractivity contribution in [3.63, 3.8) is 0 Å². The van der Waals surface area contributed by atoms with Crippen LogP contribution in [0.4, 0.5) is 4.79 Å². The van der Waals surface area contributed by atoms with E-state index < -0.39 is 0 Å². The Morgan fingerprint density at radius 1 is 1.40 bits per heavy atom. The van der Waals surface area contributed by atoms with Crippen LogP contribution in [-0.2, 0) is 16.1 Å². The Morgan fingerprint density at radius 3 is 3.00 bits per heavy atom. The molecule has 2 aliphatic rings. The summed E-state index contributed by atoms with van der Waals surface area (Å²) >= 11 is 0. The molecule has 0 radical (unpaired) electrons. The second-order valence-electron chi connectivity index (χ2n) is 4.96. The van der Waals surface area contributed by atoms with Gasteiger partial charge in [0.25, 0.3) is 0 Å². The molecule has 1 atom stereocenters. The molecule has 1 aromatic carbocycles. The smallest absolute Gasteiger partial charge is 0.410 e. The summed E-state index contributed by atoms with van der Waals surface area (Å²) in [6.45, 7) is 2.33. The molecule has 0 aliphatic carbocycles. The molecule has 1 saturated heterocycles. The number of carbonyl (C=O) groups excluding carboxylic acids is 1. The number of nitrogens with zero attached hydrogens (tertiary/aromatic N) is 2. The van der Waals surface area contributed by atoms with E-state index in [4.69, 9.17) is 9.47 Å².